The van der Waals surface area contributed by atoms with Crippen LogP contribution in [0.4, 0.5) is 17.1 Å². The largest absolute Gasteiger partial charge is 0.310 e. The van der Waals surface area contributed by atoms with Crippen LogP contribution in [0.2, 0.25) is 13.1 Å². The van der Waals surface area contributed by atoms with E-state index < -0.39 is 13.5 Å². The smallest absolute Gasteiger partial charge is 0.113 e. The molecule has 0 fully saturated rings. The highest BCUT2D eigenvalue weighted by molar-refractivity contribution is 7.25. The molecule has 0 saturated heterocycles. The lowest BCUT2D eigenvalue weighted by atomic mass is 9.59. The van der Waals surface area contributed by atoms with Crippen LogP contribution in [-0.4, -0.2) is 12.6 Å². The zero-order chi connectivity index (χ0) is 45.6. The minimum absolute atomic E-state index is 0.501. The van der Waals surface area contributed by atoms with Crippen molar-refractivity contribution in [1.82, 2.24) is 4.57 Å². The van der Waals surface area contributed by atoms with E-state index >= 15 is 0 Å². The lowest BCUT2D eigenvalue weighted by molar-refractivity contribution is 0.754. The van der Waals surface area contributed by atoms with Gasteiger partial charge in [-0.2, -0.15) is 0 Å². The van der Waals surface area contributed by atoms with Crippen LogP contribution in [0.3, 0.4) is 0 Å². The summed E-state index contributed by atoms with van der Waals surface area (Å²) >= 11 is 1.87. The first-order chi connectivity index (χ1) is 34.0. The molecule has 0 radical (unpaired) electrons. The number of para-hydroxylation sites is 1. The molecule has 1 aliphatic heterocycles. The Bertz CT molecular complexity index is 4320. The van der Waals surface area contributed by atoms with Gasteiger partial charge in [0.25, 0.3) is 0 Å². The molecule has 1 spiro atoms. The molecule has 0 N–H and O–H groups in total. The molecule has 3 heterocycles. The average molecular weight is 913 g/mol. The SMILES string of the molecule is C[Si]1(C)c2ccccc2C2(c3ccccc3-c3cccc4cccc2c34)c2ccc(N(c3ccc4c(c3)c3ccccc3n4-c3cccc4sc5ccccc5c34)c3cccc4ccccc34)cc21. The van der Waals surface area contributed by atoms with Gasteiger partial charge in [-0.15, -0.1) is 11.3 Å². The van der Waals surface area contributed by atoms with Gasteiger partial charge in [0, 0.05) is 47.7 Å². The van der Waals surface area contributed by atoms with Gasteiger partial charge >= 0.3 is 0 Å². The molecular weight excluding hydrogens is 869 g/mol. The van der Waals surface area contributed by atoms with E-state index in [9.17, 15) is 0 Å². The van der Waals surface area contributed by atoms with Crippen molar-refractivity contribution in [2.75, 3.05) is 4.90 Å². The number of hydrogen-bond acceptors (Lipinski definition) is 2. The molecule has 2 aromatic heterocycles. The third kappa shape index (κ3) is 5.20. The number of benzene rings is 11. The number of hydrogen-bond donors (Lipinski definition) is 0. The summed E-state index contributed by atoms with van der Waals surface area (Å²) in [6.45, 7) is 5.15. The van der Waals surface area contributed by atoms with Crippen LogP contribution in [0.25, 0.3) is 80.3 Å². The van der Waals surface area contributed by atoms with Crippen molar-refractivity contribution in [2.24, 2.45) is 0 Å². The van der Waals surface area contributed by atoms with E-state index in [1.54, 1.807) is 0 Å². The fourth-order valence-corrected chi connectivity index (χ4v) is 17.3. The van der Waals surface area contributed by atoms with Gasteiger partial charge in [-0.3, -0.25) is 0 Å². The maximum Gasteiger partial charge on any atom is 0.113 e. The third-order valence-electron chi connectivity index (χ3n) is 15.8. The molecule has 0 amide bonds. The first kappa shape index (κ1) is 39.0. The zero-order valence-corrected chi connectivity index (χ0v) is 40.1. The van der Waals surface area contributed by atoms with E-state index in [-0.39, 0.29) is 0 Å². The van der Waals surface area contributed by atoms with E-state index in [4.69, 9.17) is 0 Å². The Morgan fingerprint density at radius 1 is 0.406 bits per heavy atom. The molecule has 2 aliphatic rings. The van der Waals surface area contributed by atoms with E-state index in [1.807, 2.05) is 11.3 Å². The molecule has 0 saturated carbocycles. The number of fused-ring (bicyclic) bond motifs is 15. The summed E-state index contributed by atoms with van der Waals surface area (Å²) in [6.07, 6.45) is 0. The topological polar surface area (TPSA) is 8.17 Å². The first-order valence-corrected chi connectivity index (χ1v) is 27.9. The summed E-state index contributed by atoms with van der Waals surface area (Å²) < 4.78 is 5.12. The standard InChI is InChI=1S/C65H44N2SSi/c1-69(2)61-34-12-9-27-52(61)65(51-26-8-5-22-46(51)48-25-13-19-42-20-14-28-54(65)63(42)48)53-37-35-44(40-62(53)69)66(55-30-15-18-41-17-3-4-21-45(41)55)43-36-38-57-50(39-43)47-23-6-10-29-56(47)67(57)58-31-16-33-60-64(58)49-24-7-11-32-59(49)68-60/h3-40H,1-2H3. The van der Waals surface area contributed by atoms with Crippen LogP contribution in [0.5, 0.6) is 0 Å². The van der Waals surface area contributed by atoms with Crippen LogP contribution in [0.15, 0.2) is 231 Å². The summed E-state index contributed by atoms with van der Waals surface area (Å²) in [5.74, 6) is 0. The highest BCUT2D eigenvalue weighted by Crippen LogP contribution is 2.57. The summed E-state index contributed by atoms with van der Waals surface area (Å²) in [4.78, 5) is 2.55. The summed E-state index contributed by atoms with van der Waals surface area (Å²) in [6, 6.07) is 87.5. The summed E-state index contributed by atoms with van der Waals surface area (Å²) in [5, 5.41) is 13.2. The van der Waals surface area contributed by atoms with Gasteiger partial charge in [-0.25, -0.2) is 0 Å². The second-order valence-corrected chi connectivity index (χ2v) is 25.0. The van der Waals surface area contributed by atoms with E-state index in [2.05, 4.69) is 253 Å². The van der Waals surface area contributed by atoms with Gasteiger partial charge in [0.1, 0.15) is 8.07 Å². The molecule has 1 unspecified atom stereocenters. The maximum absolute atomic E-state index is 2.60. The van der Waals surface area contributed by atoms with Gasteiger partial charge in [0.15, 0.2) is 0 Å². The molecule has 2 nitrogen and oxygen atoms in total. The first-order valence-electron chi connectivity index (χ1n) is 24.1. The van der Waals surface area contributed by atoms with Crippen molar-refractivity contribution in [2.45, 2.75) is 18.5 Å². The van der Waals surface area contributed by atoms with E-state index in [0.717, 1.165) is 11.4 Å². The molecule has 15 rings (SSSR count). The van der Waals surface area contributed by atoms with Crippen LogP contribution in [0.1, 0.15) is 22.3 Å². The van der Waals surface area contributed by atoms with Crippen LogP contribution in [0, 0.1) is 0 Å². The highest BCUT2D eigenvalue weighted by Gasteiger charge is 2.52. The fraction of sp³-hybridized carbons (Fsp3) is 0.0462. The van der Waals surface area contributed by atoms with Gasteiger partial charge < -0.3 is 9.47 Å². The van der Waals surface area contributed by atoms with Crippen molar-refractivity contribution in [3.8, 4) is 16.8 Å². The second kappa shape index (κ2) is 14.3. The van der Waals surface area contributed by atoms with Crippen molar-refractivity contribution < 1.29 is 0 Å². The van der Waals surface area contributed by atoms with Crippen LogP contribution < -0.4 is 15.3 Å². The van der Waals surface area contributed by atoms with Crippen LogP contribution in [-0.2, 0) is 5.41 Å². The predicted octanol–water partition coefficient (Wildman–Crippen LogP) is 16.4. The summed E-state index contributed by atoms with van der Waals surface area (Å²) in [7, 11) is -2.35. The molecule has 0 bridgehead atoms. The Morgan fingerprint density at radius 3 is 1.93 bits per heavy atom. The van der Waals surface area contributed by atoms with Crippen molar-refractivity contribution in [3.63, 3.8) is 0 Å². The Hall–Kier alpha value is -8.02. The molecule has 1 aliphatic carbocycles. The number of anilines is 3. The zero-order valence-electron chi connectivity index (χ0n) is 38.2. The van der Waals surface area contributed by atoms with Crippen molar-refractivity contribution >= 4 is 110 Å². The molecule has 1 atom stereocenters. The van der Waals surface area contributed by atoms with Crippen molar-refractivity contribution in [1.29, 1.82) is 0 Å². The Balaban J connectivity index is 1.01. The predicted molar refractivity (Wildman–Crippen MR) is 297 cm³/mol. The highest BCUT2D eigenvalue weighted by atomic mass is 32.1. The normalized spacial score (nSPS) is 15.6. The number of aromatic nitrogens is 1. The number of nitrogens with zero attached hydrogens (tertiary/aromatic N) is 2. The molecule has 69 heavy (non-hydrogen) atoms. The Kier molecular flexibility index (Phi) is 8.06. The maximum atomic E-state index is 2.60. The minimum Gasteiger partial charge on any atom is -0.310 e. The van der Waals surface area contributed by atoms with Gasteiger partial charge in [0.2, 0.25) is 0 Å². The minimum atomic E-state index is -2.35. The molecular formula is C65H44N2SSi. The average Bonchev–Trinajstić information content (AvgIpc) is 3.95. The molecule has 4 heteroatoms. The number of thiophene rings is 1. The third-order valence-corrected chi connectivity index (χ3v) is 20.5. The summed E-state index contributed by atoms with van der Waals surface area (Å²) in [5.41, 5.74) is 14.8. The second-order valence-electron chi connectivity index (χ2n) is 19.5. The van der Waals surface area contributed by atoms with E-state index in [1.165, 1.54) is 119 Å². The lowest BCUT2D eigenvalue weighted by Gasteiger charge is -2.50. The fourth-order valence-electron chi connectivity index (χ4n) is 12.9. The van der Waals surface area contributed by atoms with Gasteiger partial charge in [-0.1, -0.05) is 183 Å². The van der Waals surface area contributed by atoms with Crippen LogP contribution >= 0.6 is 11.3 Å². The molecule has 324 valence electrons. The quantitative estimate of drug-likeness (QED) is 0.160. The lowest BCUT2D eigenvalue weighted by Crippen LogP contribution is -2.63. The Labute approximate surface area is 405 Å². The number of rotatable bonds is 4. The van der Waals surface area contributed by atoms with Crippen molar-refractivity contribution in [3.05, 3.63) is 253 Å². The monoisotopic (exact) mass is 912 g/mol. The molecule has 11 aromatic carbocycles. The molecule has 13 aromatic rings. The van der Waals surface area contributed by atoms with Gasteiger partial charge in [0.05, 0.1) is 27.8 Å². The van der Waals surface area contributed by atoms with E-state index in [0.29, 0.717) is 0 Å². The van der Waals surface area contributed by atoms with Gasteiger partial charge in [-0.05, 0) is 121 Å². The Morgan fingerprint density at radius 2 is 1.01 bits per heavy atom.